The molecule has 0 heterocycles. The maximum atomic E-state index is 11.7. The summed E-state index contributed by atoms with van der Waals surface area (Å²) in [5.41, 5.74) is 6.70. The van der Waals surface area contributed by atoms with Gasteiger partial charge in [0.15, 0.2) is 0 Å². The summed E-state index contributed by atoms with van der Waals surface area (Å²) in [5.74, 6) is 0.808. The fourth-order valence-electron chi connectivity index (χ4n) is 2.80. The Balaban J connectivity index is 2.14. The number of hydrogen-bond acceptors (Lipinski definition) is 4. The Labute approximate surface area is 135 Å². The van der Waals surface area contributed by atoms with Crippen LogP contribution < -0.4 is 10.5 Å². The summed E-state index contributed by atoms with van der Waals surface area (Å²) in [5, 5.41) is -0.281. The maximum absolute atomic E-state index is 11.7. The number of ether oxygens (including phenoxy) is 1. The quantitative estimate of drug-likeness (QED) is 0.858. The van der Waals surface area contributed by atoms with Gasteiger partial charge in [0.05, 0.1) is 9.72 Å². The average molecular weight is 376 g/mol. The molecule has 0 bridgehead atoms. The fraction of sp³-hybridized carbons (Fsp3) is 0.600. The van der Waals surface area contributed by atoms with Gasteiger partial charge in [0.2, 0.25) is 0 Å². The summed E-state index contributed by atoms with van der Waals surface area (Å²) in [6.45, 7) is 0.559. The molecule has 1 fully saturated rings. The summed E-state index contributed by atoms with van der Waals surface area (Å²) < 4.78 is 30.5. The molecule has 0 amide bonds. The van der Waals surface area contributed by atoms with Crippen LogP contribution in [0.3, 0.4) is 0 Å². The average Bonchev–Trinajstić information content (AvgIpc) is 2.42. The van der Waals surface area contributed by atoms with E-state index in [1.807, 2.05) is 18.2 Å². The number of benzene rings is 1. The van der Waals surface area contributed by atoms with Gasteiger partial charge in [-0.05, 0) is 59.8 Å². The zero-order valence-corrected chi connectivity index (χ0v) is 14.6. The normalized spacial score (nSPS) is 23.0. The van der Waals surface area contributed by atoms with Gasteiger partial charge >= 0.3 is 0 Å². The van der Waals surface area contributed by atoms with Crippen molar-refractivity contribution in [3.63, 3.8) is 0 Å². The predicted octanol–water partition coefficient (Wildman–Crippen LogP) is 2.68. The van der Waals surface area contributed by atoms with Crippen molar-refractivity contribution >= 4 is 25.8 Å². The van der Waals surface area contributed by atoms with E-state index in [-0.39, 0.29) is 11.4 Å². The summed E-state index contributed by atoms with van der Waals surface area (Å²) >= 11 is 3.51. The first-order valence-corrected chi connectivity index (χ1v) is 9.99. The number of para-hydroxylation sites is 1. The lowest BCUT2D eigenvalue weighted by Gasteiger charge is -2.29. The van der Waals surface area contributed by atoms with E-state index in [1.165, 1.54) is 6.26 Å². The van der Waals surface area contributed by atoms with Gasteiger partial charge in [-0.25, -0.2) is 8.42 Å². The molecule has 2 rings (SSSR count). The van der Waals surface area contributed by atoms with Crippen LogP contribution in [0.25, 0.3) is 0 Å². The SMILES string of the molecule is CS(=O)(=O)C1CCCC(Oc2c(Br)cccc2CCN)C1. The molecule has 118 valence electrons. The van der Waals surface area contributed by atoms with Gasteiger partial charge in [-0.2, -0.15) is 0 Å². The van der Waals surface area contributed by atoms with Gasteiger partial charge in [-0.3, -0.25) is 0 Å². The van der Waals surface area contributed by atoms with Crippen LogP contribution in [0.2, 0.25) is 0 Å². The van der Waals surface area contributed by atoms with Gasteiger partial charge in [0.25, 0.3) is 0 Å². The molecule has 2 unspecified atom stereocenters. The van der Waals surface area contributed by atoms with Crippen molar-refractivity contribution in [3.05, 3.63) is 28.2 Å². The van der Waals surface area contributed by atoms with Gasteiger partial charge in [-0.1, -0.05) is 12.1 Å². The molecule has 1 saturated carbocycles. The van der Waals surface area contributed by atoms with Crippen molar-refractivity contribution in [1.29, 1.82) is 0 Å². The highest BCUT2D eigenvalue weighted by atomic mass is 79.9. The topological polar surface area (TPSA) is 69.4 Å². The molecule has 1 aromatic rings. The molecule has 4 nitrogen and oxygen atoms in total. The lowest BCUT2D eigenvalue weighted by Crippen LogP contribution is -2.33. The van der Waals surface area contributed by atoms with E-state index in [1.54, 1.807) is 0 Å². The van der Waals surface area contributed by atoms with Crippen molar-refractivity contribution in [1.82, 2.24) is 0 Å². The molecule has 0 aliphatic heterocycles. The Morgan fingerprint density at radius 1 is 1.38 bits per heavy atom. The third kappa shape index (κ3) is 4.44. The minimum Gasteiger partial charge on any atom is -0.489 e. The highest BCUT2D eigenvalue weighted by molar-refractivity contribution is 9.10. The van der Waals surface area contributed by atoms with E-state index in [0.717, 1.165) is 41.5 Å². The number of sulfone groups is 1. The maximum Gasteiger partial charge on any atom is 0.150 e. The lowest BCUT2D eigenvalue weighted by atomic mass is 9.97. The summed E-state index contributed by atoms with van der Waals surface area (Å²) in [6.07, 6.45) is 5.12. The monoisotopic (exact) mass is 375 g/mol. The molecule has 21 heavy (non-hydrogen) atoms. The predicted molar refractivity (Wildman–Crippen MR) is 88.4 cm³/mol. The highest BCUT2D eigenvalue weighted by Gasteiger charge is 2.30. The first-order chi connectivity index (χ1) is 9.91. The largest absolute Gasteiger partial charge is 0.489 e. The third-order valence-electron chi connectivity index (χ3n) is 3.93. The van der Waals surface area contributed by atoms with Crippen molar-refractivity contribution in [2.75, 3.05) is 12.8 Å². The van der Waals surface area contributed by atoms with Crippen molar-refractivity contribution in [2.45, 2.75) is 43.5 Å². The number of halogens is 1. The first kappa shape index (κ1) is 16.8. The van der Waals surface area contributed by atoms with Crippen LogP contribution in [0.4, 0.5) is 0 Å². The van der Waals surface area contributed by atoms with Crippen molar-refractivity contribution < 1.29 is 13.2 Å². The smallest absolute Gasteiger partial charge is 0.150 e. The zero-order chi connectivity index (χ0) is 15.5. The Kier molecular flexibility index (Phi) is 5.68. The van der Waals surface area contributed by atoms with Crippen molar-refractivity contribution in [2.24, 2.45) is 5.73 Å². The Morgan fingerprint density at radius 3 is 2.81 bits per heavy atom. The van der Waals surface area contributed by atoms with Crippen LogP contribution in [-0.4, -0.2) is 32.6 Å². The number of nitrogens with two attached hydrogens (primary N) is 1. The molecule has 0 aromatic heterocycles. The van der Waals surface area contributed by atoms with E-state index < -0.39 is 9.84 Å². The van der Waals surface area contributed by atoms with Gasteiger partial charge in [0, 0.05) is 12.7 Å². The van der Waals surface area contributed by atoms with Crippen molar-refractivity contribution in [3.8, 4) is 5.75 Å². The Bertz CT molecular complexity index is 589. The minimum absolute atomic E-state index is 0.0475. The van der Waals surface area contributed by atoms with E-state index in [9.17, 15) is 8.42 Å². The van der Waals surface area contributed by atoms with Crippen LogP contribution in [0, 0.1) is 0 Å². The van der Waals surface area contributed by atoms with Crippen LogP contribution in [0.1, 0.15) is 31.2 Å². The molecule has 2 atom stereocenters. The first-order valence-electron chi connectivity index (χ1n) is 7.24. The standard InChI is InChI=1S/C15H22BrNO3S/c1-21(18,19)13-6-3-5-12(10-13)20-15-11(8-9-17)4-2-7-14(15)16/h2,4,7,12-13H,3,5-6,8-10,17H2,1H3. The van der Waals surface area contributed by atoms with Gasteiger partial charge < -0.3 is 10.5 Å². The molecule has 0 radical (unpaired) electrons. The number of hydrogen-bond donors (Lipinski definition) is 1. The Morgan fingerprint density at radius 2 is 2.14 bits per heavy atom. The molecular formula is C15H22BrNO3S. The molecule has 0 saturated heterocycles. The molecule has 1 aliphatic rings. The van der Waals surface area contributed by atoms with E-state index in [0.29, 0.717) is 13.0 Å². The second kappa shape index (κ2) is 7.11. The zero-order valence-electron chi connectivity index (χ0n) is 12.2. The molecule has 6 heteroatoms. The second-order valence-electron chi connectivity index (χ2n) is 5.62. The van der Waals surface area contributed by atoms with E-state index in [2.05, 4.69) is 15.9 Å². The molecule has 0 spiro atoms. The van der Waals surface area contributed by atoms with Crippen LogP contribution in [0.5, 0.6) is 5.75 Å². The fourth-order valence-corrected chi connectivity index (χ4v) is 4.46. The molecule has 1 aromatic carbocycles. The van der Waals surface area contributed by atoms with Gasteiger partial charge in [-0.15, -0.1) is 0 Å². The molecule has 2 N–H and O–H groups in total. The minimum atomic E-state index is -2.99. The second-order valence-corrected chi connectivity index (χ2v) is 8.80. The van der Waals surface area contributed by atoms with Crippen LogP contribution in [-0.2, 0) is 16.3 Å². The highest BCUT2D eigenvalue weighted by Crippen LogP contribution is 2.34. The molecule has 1 aliphatic carbocycles. The Hall–Kier alpha value is -0.590. The lowest BCUT2D eigenvalue weighted by molar-refractivity contribution is 0.154. The number of rotatable bonds is 5. The summed E-state index contributed by atoms with van der Waals surface area (Å²) in [6, 6.07) is 5.90. The van der Waals surface area contributed by atoms with Crippen LogP contribution >= 0.6 is 15.9 Å². The summed E-state index contributed by atoms with van der Waals surface area (Å²) in [4.78, 5) is 0. The van der Waals surface area contributed by atoms with E-state index in [4.69, 9.17) is 10.5 Å². The molecular weight excluding hydrogens is 354 g/mol. The third-order valence-corrected chi connectivity index (χ3v) is 6.19. The van der Waals surface area contributed by atoms with Crippen LogP contribution in [0.15, 0.2) is 22.7 Å². The van der Waals surface area contributed by atoms with Gasteiger partial charge in [0.1, 0.15) is 21.7 Å². The summed E-state index contributed by atoms with van der Waals surface area (Å²) in [7, 11) is -2.99. The van der Waals surface area contributed by atoms with E-state index >= 15 is 0 Å².